The monoisotopic (exact) mass is 459 g/mol. The number of amides is 3. The van der Waals surface area contributed by atoms with Crippen molar-refractivity contribution in [2.75, 3.05) is 24.8 Å². The zero-order valence-electron chi connectivity index (χ0n) is 19.0. The summed E-state index contributed by atoms with van der Waals surface area (Å²) < 4.78 is 5.59. The van der Waals surface area contributed by atoms with E-state index in [1.54, 1.807) is 24.3 Å². The average Bonchev–Trinajstić information content (AvgIpc) is 2.90. The lowest BCUT2D eigenvalue weighted by molar-refractivity contribution is -0.139. The number of rotatable bonds is 5. The number of nitrogens with one attached hydrogen (secondary N) is 2. The molecule has 0 spiro atoms. The van der Waals surface area contributed by atoms with Crippen LogP contribution in [0, 0.1) is 11.8 Å². The van der Waals surface area contributed by atoms with E-state index in [4.69, 9.17) is 4.74 Å². The number of benzene rings is 2. The van der Waals surface area contributed by atoms with E-state index in [1.165, 1.54) is 10.6 Å². The number of hydrogen-bond donors (Lipinski definition) is 2. The maximum atomic E-state index is 13.1. The minimum absolute atomic E-state index is 0.142. The van der Waals surface area contributed by atoms with Gasteiger partial charge >= 0.3 is 0 Å². The number of anilines is 1. The van der Waals surface area contributed by atoms with Crippen molar-refractivity contribution in [3.8, 4) is 0 Å². The fraction of sp³-hybridized carbons (Fsp3) is 0.370. The number of carbonyl (C=O) groups excluding carboxylic acids is 3. The van der Waals surface area contributed by atoms with Crippen molar-refractivity contribution in [3.63, 3.8) is 0 Å². The van der Waals surface area contributed by atoms with Gasteiger partial charge in [-0.3, -0.25) is 19.8 Å². The van der Waals surface area contributed by atoms with Crippen LogP contribution in [-0.4, -0.2) is 37.5 Å². The molecule has 0 bridgehead atoms. The summed E-state index contributed by atoms with van der Waals surface area (Å²) in [6.07, 6.45) is 6.71. The Morgan fingerprint density at radius 3 is 2.50 bits per heavy atom. The van der Waals surface area contributed by atoms with Crippen LogP contribution in [0.4, 0.5) is 5.69 Å². The van der Waals surface area contributed by atoms with Crippen molar-refractivity contribution in [1.82, 2.24) is 10.7 Å². The molecule has 2 aliphatic heterocycles. The fourth-order valence-electron chi connectivity index (χ4n) is 5.24. The lowest BCUT2D eigenvalue weighted by Gasteiger charge is -2.38. The Bertz CT molecular complexity index is 1110. The SMILES string of the molecule is O=C(NCC1(c2ccccc2)CCOCC1)c1cccc(N2NC(=O)C3CC=CCC3C2=O)c1. The minimum Gasteiger partial charge on any atom is -0.381 e. The Morgan fingerprint density at radius 1 is 1.00 bits per heavy atom. The molecule has 2 N–H and O–H groups in total. The molecule has 1 aliphatic carbocycles. The van der Waals surface area contributed by atoms with E-state index in [2.05, 4.69) is 22.9 Å². The Hall–Kier alpha value is -3.45. The molecule has 0 aromatic heterocycles. The first-order valence-corrected chi connectivity index (χ1v) is 11.9. The molecule has 0 radical (unpaired) electrons. The molecule has 2 fully saturated rings. The Balaban J connectivity index is 1.32. The molecule has 2 aromatic rings. The summed E-state index contributed by atoms with van der Waals surface area (Å²) in [4.78, 5) is 38.8. The first-order chi connectivity index (χ1) is 16.6. The smallest absolute Gasteiger partial charge is 0.251 e. The van der Waals surface area contributed by atoms with Crippen LogP contribution in [0.1, 0.15) is 41.6 Å². The third-order valence-electron chi connectivity index (χ3n) is 7.32. The Labute approximate surface area is 199 Å². The summed E-state index contributed by atoms with van der Waals surface area (Å²) in [6, 6.07) is 17.1. The van der Waals surface area contributed by atoms with E-state index < -0.39 is 0 Å². The van der Waals surface area contributed by atoms with E-state index in [0.717, 1.165) is 12.8 Å². The van der Waals surface area contributed by atoms with Crippen molar-refractivity contribution >= 4 is 23.4 Å². The van der Waals surface area contributed by atoms with Gasteiger partial charge < -0.3 is 10.1 Å². The molecule has 3 aliphatic rings. The Kier molecular flexibility index (Phi) is 6.20. The lowest BCUT2D eigenvalue weighted by Crippen LogP contribution is -2.59. The average molecular weight is 460 g/mol. The van der Waals surface area contributed by atoms with Gasteiger partial charge in [-0.1, -0.05) is 48.6 Å². The quantitative estimate of drug-likeness (QED) is 0.673. The fourth-order valence-corrected chi connectivity index (χ4v) is 5.24. The molecule has 2 aromatic carbocycles. The first-order valence-electron chi connectivity index (χ1n) is 11.9. The third kappa shape index (κ3) is 4.23. The second kappa shape index (κ2) is 9.43. The second-order valence-corrected chi connectivity index (χ2v) is 9.30. The predicted octanol–water partition coefficient (Wildman–Crippen LogP) is 3.13. The summed E-state index contributed by atoms with van der Waals surface area (Å²) >= 11 is 0. The highest BCUT2D eigenvalue weighted by Crippen LogP contribution is 2.35. The van der Waals surface area contributed by atoms with Crippen molar-refractivity contribution in [2.45, 2.75) is 31.1 Å². The molecule has 7 heteroatoms. The zero-order valence-corrected chi connectivity index (χ0v) is 19.0. The summed E-state index contributed by atoms with van der Waals surface area (Å²) in [5.41, 5.74) is 4.68. The minimum atomic E-state index is -0.365. The van der Waals surface area contributed by atoms with Gasteiger partial charge in [-0.25, -0.2) is 5.01 Å². The van der Waals surface area contributed by atoms with Crippen LogP contribution in [0.15, 0.2) is 66.7 Å². The van der Waals surface area contributed by atoms with Crippen LogP contribution in [-0.2, 0) is 19.7 Å². The van der Waals surface area contributed by atoms with Gasteiger partial charge in [0.05, 0.1) is 17.5 Å². The van der Waals surface area contributed by atoms with E-state index >= 15 is 0 Å². The summed E-state index contributed by atoms with van der Waals surface area (Å²) in [5.74, 6) is -1.20. The van der Waals surface area contributed by atoms with E-state index in [0.29, 0.717) is 43.9 Å². The number of allylic oxidation sites excluding steroid dienone is 2. The Morgan fingerprint density at radius 2 is 1.74 bits per heavy atom. The standard InChI is InChI=1S/C27H29N3O4/c31-24(28-18-27(13-15-34-16-14-27)20-8-2-1-3-9-20)19-7-6-10-21(17-19)30-26(33)23-12-5-4-11-22(23)25(32)29-30/h1-10,17,22-23H,11-16,18H2,(H,28,31)(H,29,32). The number of nitrogens with zero attached hydrogens (tertiary/aromatic N) is 1. The van der Waals surface area contributed by atoms with Crippen LogP contribution in [0.25, 0.3) is 0 Å². The number of hydrazine groups is 1. The lowest BCUT2D eigenvalue weighted by atomic mass is 9.74. The molecule has 5 rings (SSSR count). The second-order valence-electron chi connectivity index (χ2n) is 9.30. The molecule has 34 heavy (non-hydrogen) atoms. The van der Waals surface area contributed by atoms with Gasteiger partial charge in [0.15, 0.2) is 0 Å². The van der Waals surface area contributed by atoms with Crippen LogP contribution >= 0.6 is 0 Å². The molecule has 7 nitrogen and oxygen atoms in total. The van der Waals surface area contributed by atoms with Crippen molar-refractivity contribution in [1.29, 1.82) is 0 Å². The van der Waals surface area contributed by atoms with Gasteiger partial charge in [0.2, 0.25) is 11.8 Å². The highest BCUT2D eigenvalue weighted by molar-refractivity contribution is 6.05. The van der Waals surface area contributed by atoms with E-state index in [1.807, 2.05) is 30.4 Å². The van der Waals surface area contributed by atoms with Crippen molar-refractivity contribution < 1.29 is 19.1 Å². The number of ether oxygens (including phenoxy) is 1. The summed E-state index contributed by atoms with van der Waals surface area (Å²) in [7, 11) is 0. The molecule has 3 amide bonds. The van der Waals surface area contributed by atoms with Crippen LogP contribution in [0.3, 0.4) is 0 Å². The third-order valence-corrected chi connectivity index (χ3v) is 7.32. The van der Waals surface area contributed by atoms with Gasteiger partial charge in [0.1, 0.15) is 0 Å². The first kappa shape index (κ1) is 22.3. The largest absolute Gasteiger partial charge is 0.381 e. The van der Waals surface area contributed by atoms with E-state index in [9.17, 15) is 14.4 Å². The molecule has 2 atom stereocenters. The van der Waals surface area contributed by atoms with Crippen molar-refractivity contribution in [2.24, 2.45) is 11.8 Å². The molecule has 176 valence electrons. The van der Waals surface area contributed by atoms with Crippen LogP contribution < -0.4 is 15.8 Å². The topological polar surface area (TPSA) is 87.7 Å². The van der Waals surface area contributed by atoms with Crippen LogP contribution in [0.2, 0.25) is 0 Å². The van der Waals surface area contributed by atoms with Crippen molar-refractivity contribution in [3.05, 3.63) is 77.9 Å². The van der Waals surface area contributed by atoms with Gasteiger partial charge in [-0.05, 0) is 49.4 Å². The highest BCUT2D eigenvalue weighted by atomic mass is 16.5. The maximum Gasteiger partial charge on any atom is 0.251 e. The maximum absolute atomic E-state index is 13.1. The predicted molar refractivity (Wildman–Crippen MR) is 128 cm³/mol. The molecule has 0 saturated carbocycles. The molecular formula is C27H29N3O4. The number of carbonyl (C=O) groups is 3. The molecular weight excluding hydrogens is 430 g/mol. The molecule has 2 saturated heterocycles. The normalized spacial score (nSPS) is 23.7. The van der Waals surface area contributed by atoms with Gasteiger partial charge in [0, 0.05) is 30.7 Å². The molecule has 2 unspecified atom stereocenters. The number of fused-ring (bicyclic) bond motifs is 1. The van der Waals surface area contributed by atoms with Crippen LogP contribution in [0.5, 0.6) is 0 Å². The van der Waals surface area contributed by atoms with E-state index in [-0.39, 0.29) is 35.0 Å². The summed E-state index contributed by atoms with van der Waals surface area (Å²) in [5, 5.41) is 4.40. The molecule has 2 heterocycles. The van der Waals surface area contributed by atoms with Gasteiger partial charge in [0.25, 0.3) is 5.91 Å². The van der Waals surface area contributed by atoms with Gasteiger partial charge in [-0.15, -0.1) is 0 Å². The summed E-state index contributed by atoms with van der Waals surface area (Å²) in [6.45, 7) is 1.82. The van der Waals surface area contributed by atoms with Gasteiger partial charge in [-0.2, -0.15) is 0 Å². The number of hydrogen-bond acceptors (Lipinski definition) is 4. The zero-order chi connectivity index (χ0) is 23.5. The highest BCUT2D eigenvalue weighted by Gasteiger charge is 2.42.